The molecule has 0 aromatic heterocycles. The number of amides is 1. The van der Waals surface area contributed by atoms with Crippen molar-refractivity contribution in [3.05, 3.63) is 42.0 Å². The average Bonchev–Trinajstić information content (AvgIpc) is 2.67. The number of nitrogens with zero attached hydrogens (tertiary/aromatic N) is 1. The molecule has 0 saturated carbocycles. The number of hydrogen-bond donors (Lipinski definition) is 2. The number of nitrogen functional groups attached to an aromatic ring is 1. The zero-order valence-corrected chi connectivity index (χ0v) is 15.3. The number of carboxylic acid groups (broad SMARTS) is 1. The number of fused-ring (bicyclic) bond motifs is 1. The molecule has 0 bridgehead atoms. The van der Waals surface area contributed by atoms with E-state index in [0.717, 1.165) is 23.6 Å². The number of anilines is 1. The van der Waals surface area contributed by atoms with Crippen LogP contribution < -0.4 is 5.73 Å². The zero-order valence-electron chi connectivity index (χ0n) is 15.3. The van der Waals surface area contributed by atoms with Crippen LogP contribution in [-0.4, -0.2) is 60.9 Å². The first-order chi connectivity index (χ1) is 13.0. The Kier molecular flexibility index (Phi) is 5.93. The van der Waals surface area contributed by atoms with Crippen LogP contribution in [0.25, 0.3) is 10.8 Å². The highest BCUT2D eigenvalue weighted by Gasteiger charge is 2.30. The molecule has 3 rings (SSSR count). The van der Waals surface area contributed by atoms with Crippen LogP contribution in [0.3, 0.4) is 0 Å². The quantitative estimate of drug-likeness (QED) is 0.753. The van der Waals surface area contributed by atoms with E-state index in [2.05, 4.69) is 0 Å². The van der Waals surface area contributed by atoms with Gasteiger partial charge in [-0.2, -0.15) is 0 Å². The summed E-state index contributed by atoms with van der Waals surface area (Å²) in [5, 5.41) is 11.4. The predicted molar refractivity (Wildman–Crippen MR) is 102 cm³/mol. The van der Waals surface area contributed by atoms with Gasteiger partial charge >= 0.3 is 5.97 Å². The van der Waals surface area contributed by atoms with Crippen molar-refractivity contribution in [1.82, 2.24) is 4.90 Å². The number of ether oxygens (including phenoxy) is 2. The third-order valence-electron chi connectivity index (χ3n) is 4.88. The smallest absolute Gasteiger partial charge is 0.328 e. The molecule has 1 amide bonds. The number of benzene rings is 2. The average molecular weight is 372 g/mol. The molecule has 7 heteroatoms. The molecule has 1 atom stereocenters. The van der Waals surface area contributed by atoms with Crippen LogP contribution in [0.15, 0.2) is 36.4 Å². The molecule has 2 aromatic rings. The summed E-state index contributed by atoms with van der Waals surface area (Å²) < 4.78 is 11.0. The van der Waals surface area contributed by atoms with Crippen molar-refractivity contribution in [1.29, 1.82) is 0 Å². The number of likely N-dealkylation sites (N-methyl/N-ethyl adjacent to an activating group) is 1. The number of aliphatic carboxylic acids is 1. The van der Waals surface area contributed by atoms with Gasteiger partial charge in [0.25, 0.3) is 5.91 Å². The molecule has 1 saturated heterocycles. The van der Waals surface area contributed by atoms with Crippen molar-refractivity contribution >= 4 is 28.3 Å². The minimum atomic E-state index is -1.11. The van der Waals surface area contributed by atoms with Crippen molar-refractivity contribution in [3.63, 3.8) is 0 Å². The number of carbonyl (C=O) groups is 2. The van der Waals surface area contributed by atoms with Gasteiger partial charge in [0.05, 0.1) is 18.3 Å². The molecule has 144 valence electrons. The summed E-state index contributed by atoms with van der Waals surface area (Å²) in [6.45, 7) is 1.13. The first-order valence-corrected chi connectivity index (χ1v) is 8.95. The van der Waals surface area contributed by atoms with Gasteiger partial charge < -0.3 is 25.2 Å². The molecule has 1 aliphatic heterocycles. The van der Waals surface area contributed by atoms with E-state index in [1.165, 1.54) is 11.9 Å². The maximum atomic E-state index is 12.9. The topological polar surface area (TPSA) is 102 Å². The highest BCUT2D eigenvalue weighted by molar-refractivity contribution is 6.04. The summed E-state index contributed by atoms with van der Waals surface area (Å²) in [5.74, 6) is -1.56. The number of carbonyl (C=O) groups excluding carboxylic acids is 1. The van der Waals surface area contributed by atoms with E-state index in [0.29, 0.717) is 18.9 Å². The Morgan fingerprint density at radius 2 is 1.89 bits per heavy atom. The van der Waals surface area contributed by atoms with E-state index in [9.17, 15) is 14.7 Å². The Bertz CT molecular complexity index is 832. The summed E-state index contributed by atoms with van der Waals surface area (Å²) >= 11 is 0. The van der Waals surface area contributed by atoms with Gasteiger partial charge in [0.1, 0.15) is 0 Å². The summed E-state index contributed by atoms with van der Waals surface area (Å²) in [6, 6.07) is 9.89. The van der Waals surface area contributed by atoms with Crippen LogP contribution in [0.5, 0.6) is 0 Å². The van der Waals surface area contributed by atoms with Gasteiger partial charge in [0.2, 0.25) is 0 Å². The molecule has 0 spiro atoms. The Hall–Kier alpha value is -2.64. The van der Waals surface area contributed by atoms with E-state index in [1.807, 2.05) is 24.3 Å². The highest BCUT2D eigenvalue weighted by Crippen LogP contribution is 2.23. The Labute approximate surface area is 157 Å². The number of carboxylic acids is 1. The van der Waals surface area contributed by atoms with E-state index >= 15 is 0 Å². The second kappa shape index (κ2) is 8.37. The summed E-state index contributed by atoms with van der Waals surface area (Å²) in [4.78, 5) is 25.8. The first kappa shape index (κ1) is 19.1. The van der Waals surface area contributed by atoms with Crippen LogP contribution in [0.4, 0.5) is 5.69 Å². The summed E-state index contributed by atoms with van der Waals surface area (Å²) in [6.07, 6.45) is 1.40. The lowest BCUT2D eigenvalue weighted by atomic mass is 10.0. The SMILES string of the molecule is CN(C(=O)c1cc2ccccc2cc1N)C(COC1CCOCC1)C(=O)O. The molecular weight excluding hydrogens is 348 g/mol. The third-order valence-corrected chi connectivity index (χ3v) is 4.88. The minimum absolute atomic E-state index is 0.0464. The summed E-state index contributed by atoms with van der Waals surface area (Å²) in [5.41, 5.74) is 6.66. The van der Waals surface area contributed by atoms with Gasteiger partial charge in [0.15, 0.2) is 6.04 Å². The molecule has 7 nitrogen and oxygen atoms in total. The van der Waals surface area contributed by atoms with Crippen LogP contribution in [0.2, 0.25) is 0 Å². The fraction of sp³-hybridized carbons (Fsp3) is 0.400. The fourth-order valence-electron chi connectivity index (χ4n) is 3.19. The molecule has 0 radical (unpaired) electrons. The van der Waals surface area contributed by atoms with Gasteiger partial charge in [-0.05, 0) is 35.7 Å². The molecule has 1 aliphatic rings. The van der Waals surface area contributed by atoms with Crippen LogP contribution in [0.1, 0.15) is 23.2 Å². The zero-order chi connectivity index (χ0) is 19.4. The minimum Gasteiger partial charge on any atom is -0.480 e. The van der Waals surface area contributed by atoms with Gasteiger partial charge in [-0.3, -0.25) is 4.79 Å². The number of rotatable bonds is 6. The standard InChI is InChI=1S/C20H24N2O5/c1-22(18(20(24)25)12-27-15-6-8-26-9-7-15)19(23)16-10-13-4-2-3-5-14(13)11-17(16)21/h2-5,10-11,15,18H,6-9,12,21H2,1H3,(H,24,25). The Balaban J connectivity index is 1.76. The largest absolute Gasteiger partial charge is 0.480 e. The van der Waals surface area contributed by atoms with Crippen molar-refractivity contribution in [2.75, 3.05) is 32.6 Å². The van der Waals surface area contributed by atoms with Crippen molar-refractivity contribution in [2.24, 2.45) is 0 Å². The molecule has 27 heavy (non-hydrogen) atoms. The molecule has 3 N–H and O–H groups in total. The molecule has 2 aromatic carbocycles. The normalized spacial score (nSPS) is 16.2. The van der Waals surface area contributed by atoms with Gasteiger partial charge in [0, 0.05) is 25.9 Å². The van der Waals surface area contributed by atoms with Gasteiger partial charge in [-0.1, -0.05) is 24.3 Å². The van der Waals surface area contributed by atoms with E-state index in [1.54, 1.807) is 12.1 Å². The Morgan fingerprint density at radius 1 is 1.26 bits per heavy atom. The lowest BCUT2D eigenvalue weighted by molar-refractivity contribution is -0.145. The van der Waals surface area contributed by atoms with Crippen LogP contribution >= 0.6 is 0 Å². The first-order valence-electron chi connectivity index (χ1n) is 8.95. The maximum Gasteiger partial charge on any atom is 0.328 e. The lowest BCUT2D eigenvalue weighted by Crippen LogP contribution is -2.46. The fourth-order valence-corrected chi connectivity index (χ4v) is 3.19. The predicted octanol–water partition coefficient (Wildman–Crippen LogP) is 2.14. The molecule has 1 heterocycles. The highest BCUT2D eigenvalue weighted by atomic mass is 16.5. The lowest BCUT2D eigenvalue weighted by Gasteiger charge is -2.28. The Morgan fingerprint density at radius 3 is 2.52 bits per heavy atom. The van der Waals surface area contributed by atoms with Crippen molar-refractivity contribution in [2.45, 2.75) is 25.0 Å². The number of hydrogen-bond acceptors (Lipinski definition) is 5. The monoisotopic (exact) mass is 372 g/mol. The van der Waals surface area contributed by atoms with Crippen LogP contribution in [-0.2, 0) is 14.3 Å². The molecule has 0 aliphatic carbocycles. The van der Waals surface area contributed by atoms with Crippen molar-refractivity contribution in [3.8, 4) is 0 Å². The van der Waals surface area contributed by atoms with E-state index < -0.39 is 17.9 Å². The second-order valence-electron chi connectivity index (χ2n) is 6.70. The number of nitrogens with two attached hydrogens (primary N) is 1. The van der Waals surface area contributed by atoms with E-state index in [4.69, 9.17) is 15.2 Å². The van der Waals surface area contributed by atoms with Crippen molar-refractivity contribution < 1.29 is 24.2 Å². The second-order valence-corrected chi connectivity index (χ2v) is 6.70. The van der Waals surface area contributed by atoms with Gasteiger partial charge in [-0.15, -0.1) is 0 Å². The molecule has 1 unspecified atom stereocenters. The summed E-state index contributed by atoms with van der Waals surface area (Å²) in [7, 11) is 1.46. The van der Waals surface area contributed by atoms with Crippen LogP contribution in [0, 0.1) is 0 Å². The third kappa shape index (κ3) is 4.37. The maximum absolute atomic E-state index is 12.9. The van der Waals surface area contributed by atoms with Gasteiger partial charge in [-0.25, -0.2) is 4.79 Å². The molecular formula is C20H24N2O5. The molecule has 1 fully saturated rings. The van der Waals surface area contributed by atoms with E-state index in [-0.39, 0.29) is 18.3 Å².